The summed E-state index contributed by atoms with van der Waals surface area (Å²) in [5.41, 5.74) is 2.68. The Hall–Kier alpha value is -2.33. The van der Waals surface area contributed by atoms with Gasteiger partial charge in [-0.25, -0.2) is 4.79 Å². The Balaban J connectivity index is 1.81. The lowest BCUT2D eigenvalue weighted by Crippen LogP contribution is -2.19. The third kappa shape index (κ3) is 8.28. The minimum Gasteiger partial charge on any atom is -0.494 e. The molecule has 0 spiro atoms. The molecule has 1 atom stereocenters. The fourth-order valence-corrected chi connectivity index (χ4v) is 3.13. The zero-order chi connectivity index (χ0) is 20.9. The Morgan fingerprint density at radius 3 is 2.07 bits per heavy atom. The van der Waals surface area contributed by atoms with Crippen LogP contribution >= 0.6 is 0 Å². The molecule has 0 aliphatic carbocycles. The highest BCUT2D eigenvalue weighted by Gasteiger charge is 2.12. The summed E-state index contributed by atoms with van der Waals surface area (Å²) in [5, 5.41) is 0. The normalized spacial score (nSPS) is 11.8. The molecule has 0 N–H and O–H groups in total. The van der Waals surface area contributed by atoms with E-state index in [1.807, 2.05) is 43.3 Å². The molecule has 0 heterocycles. The van der Waals surface area contributed by atoms with Gasteiger partial charge >= 0.3 is 5.97 Å². The third-order valence-electron chi connectivity index (χ3n) is 4.78. The van der Waals surface area contributed by atoms with E-state index in [0.717, 1.165) is 29.9 Å². The van der Waals surface area contributed by atoms with E-state index in [1.165, 1.54) is 32.1 Å². The first-order chi connectivity index (χ1) is 14.1. The van der Waals surface area contributed by atoms with Gasteiger partial charge in [-0.2, -0.15) is 0 Å². The van der Waals surface area contributed by atoms with Gasteiger partial charge in [-0.05, 0) is 48.7 Å². The van der Waals surface area contributed by atoms with Crippen molar-refractivity contribution in [1.29, 1.82) is 0 Å². The number of carbonyl (C=O) groups is 1. The van der Waals surface area contributed by atoms with Crippen LogP contribution in [0.25, 0.3) is 11.1 Å². The maximum Gasteiger partial charge on any atom is 0.338 e. The number of methoxy groups -OCH3 is 1. The second-order valence-electron chi connectivity index (χ2n) is 7.39. The van der Waals surface area contributed by atoms with Crippen LogP contribution in [0.15, 0.2) is 48.5 Å². The molecule has 0 aliphatic heterocycles. The number of hydrogen-bond acceptors (Lipinski definition) is 4. The number of benzene rings is 2. The molecule has 2 aromatic carbocycles. The summed E-state index contributed by atoms with van der Waals surface area (Å²) in [6, 6.07) is 15.5. The maximum absolute atomic E-state index is 12.1. The quantitative estimate of drug-likeness (QED) is 0.294. The van der Waals surface area contributed by atoms with Gasteiger partial charge in [-0.1, -0.05) is 63.3 Å². The summed E-state index contributed by atoms with van der Waals surface area (Å²) in [6.45, 7) is 5.20. The Morgan fingerprint density at radius 2 is 1.45 bits per heavy atom. The van der Waals surface area contributed by atoms with E-state index in [4.69, 9.17) is 14.2 Å². The van der Waals surface area contributed by atoms with Gasteiger partial charge in [0.2, 0.25) is 0 Å². The van der Waals surface area contributed by atoms with Gasteiger partial charge in [-0.3, -0.25) is 0 Å². The molecule has 0 saturated heterocycles. The van der Waals surface area contributed by atoms with E-state index in [1.54, 1.807) is 19.2 Å². The highest BCUT2D eigenvalue weighted by atomic mass is 16.6. The van der Waals surface area contributed by atoms with Crippen molar-refractivity contribution in [3.8, 4) is 16.9 Å². The molecule has 0 aliphatic rings. The lowest BCUT2D eigenvalue weighted by atomic mass is 10.0. The molecule has 0 fully saturated rings. The van der Waals surface area contributed by atoms with Gasteiger partial charge in [0.05, 0.1) is 18.8 Å². The molecule has 1 unspecified atom stereocenters. The standard InChI is InChI=1S/C25H34O4/c1-4-5-6-7-8-9-18-28-24-16-14-22(15-17-24)21-10-12-23(13-11-21)25(26)29-20(2)19-27-3/h10-17,20H,4-9,18-19H2,1-3H3. The summed E-state index contributed by atoms with van der Waals surface area (Å²) in [6.07, 6.45) is 7.30. The average Bonchev–Trinajstić information content (AvgIpc) is 2.74. The second-order valence-corrected chi connectivity index (χ2v) is 7.39. The van der Waals surface area contributed by atoms with Gasteiger partial charge in [0.15, 0.2) is 0 Å². The highest BCUT2D eigenvalue weighted by molar-refractivity contribution is 5.90. The summed E-state index contributed by atoms with van der Waals surface area (Å²) in [5.74, 6) is 0.564. The second kappa shape index (κ2) is 13.0. The number of unbranched alkanes of at least 4 members (excludes halogenated alkanes) is 5. The molecule has 0 amide bonds. The van der Waals surface area contributed by atoms with Crippen LogP contribution in [0, 0.1) is 0 Å². The van der Waals surface area contributed by atoms with Crippen molar-refractivity contribution in [1.82, 2.24) is 0 Å². The molecule has 0 saturated carbocycles. The molecule has 158 valence electrons. The van der Waals surface area contributed by atoms with Crippen molar-refractivity contribution >= 4 is 5.97 Å². The summed E-state index contributed by atoms with van der Waals surface area (Å²) in [4.78, 5) is 12.1. The van der Waals surface area contributed by atoms with Crippen LogP contribution in [0.5, 0.6) is 5.75 Å². The maximum atomic E-state index is 12.1. The van der Waals surface area contributed by atoms with E-state index in [2.05, 4.69) is 6.92 Å². The highest BCUT2D eigenvalue weighted by Crippen LogP contribution is 2.23. The minimum atomic E-state index is -0.334. The van der Waals surface area contributed by atoms with Gasteiger partial charge in [0.1, 0.15) is 11.9 Å². The Morgan fingerprint density at radius 1 is 0.862 bits per heavy atom. The predicted octanol–water partition coefficient (Wildman–Crippen LogP) is 6.28. The summed E-state index contributed by atoms with van der Waals surface area (Å²) >= 11 is 0. The molecule has 4 nitrogen and oxygen atoms in total. The molecule has 2 rings (SSSR count). The molecule has 29 heavy (non-hydrogen) atoms. The predicted molar refractivity (Wildman–Crippen MR) is 118 cm³/mol. The van der Waals surface area contributed by atoms with E-state index in [9.17, 15) is 4.79 Å². The molecular weight excluding hydrogens is 364 g/mol. The first kappa shape index (κ1) is 23.0. The lowest BCUT2D eigenvalue weighted by molar-refractivity contribution is 0.0120. The number of ether oxygens (including phenoxy) is 3. The van der Waals surface area contributed by atoms with Crippen molar-refractivity contribution in [2.75, 3.05) is 20.3 Å². The topological polar surface area (TPSA) is 44.8 Å². The first-order valence-corrected chi connectivity index (χ1v) is 10.7. The average molecular weight is 399 g/mol. The van der Waals surface area contributed by atoms with Crippen LogP contribution in [-0.4, -0.2) is 32.4 Å². The van der Waals surface area contributed by atoms with Crippen molar-refractivity contribution < 1.29 is 19.0 Å². The number of carbonyl (C=O) groups excluding carboxylic acids is 1. The van der Waals surface area contributed by atoms with Crippen LogP contribution in [0.1, 0.15) is 62.7 Å². The smallest absolute Gasteiger partial charge is 0.338 e. The summed E-state index contributed by atoms with van der Waals surface area (Å²) in [7, 11) is 1.59. The van der Waals surface area contributed by atoms with Gasteiger partial charge < -0.3 is 14.2 Å². The molecule has 0 bridgehead atoms. The van der Waals surface area contributed by atoms with Crippen LogP contribution in [0.4, 0.5) is 0 Å². The van der Waals surface area contributed by atoms with Crippen LogP contribution in [0.2, 0.25) is 0 Å². The third-order valence-corrected chi connectivity index (χ3v) is 4.78. The number of hydrogen-bond donors (Lipinski definition) is 0. The Labute approximate surface area is 175 Å². The zero-order valence-electron chi connectivity index (χ0n) is 18.0. The molecule has 0 radical (unpaired) electrons. The van der Waals surface area contributed by atoms with E-state index >= 15 is 0 Å². The van der Waals surface area contributed by atoms with E-state index in [0.29, 0.717) is 12.2 Å². The number of esters is 1. The number of rotatable bonds is 13. The largest absolute Gasteiger partial charge is 0.494 e. The van der Waals surface area contributed by atoms with Crippen molar-refractivity contribution in [3.63, 3.8) is 0 Å². The summed E-state index contributed by atoms with van der Waals surface area (Å²) < 4.78 is 16.2. The Bertz CT molecular complexity index is 707. The Kier molecular flexibility index (Phi) is 10.3. The van der Waals surface area contributed by atoms with Crippen LogP contribution in [0.3, 0.4) is 0 Å². The SMILES string of the molecule is CCCCCCCCOc1ccc(-c2ccc(C(=O)OC(C)COC)cc2)cc1. The molecular formula is C25H34O4. The van der Waals surface area contributed by atoms with Crippen LogP contribution in [-0.2, 0) is 9.47 Å². The fraction of sp³-hybridized carbons (Fsp3) is 0.480. The lowest BCUT2D eigenvalue weighted by Gasteiger charge is -2.12. The monoisotopic (exact) mass is 398 g/mol. The molecule has 0 aromatic heterocycles. The van der Waals surface area contributed by atoms with Crippen molar-refractivity contribution in [3.05, 3.63) is 54.1 Å². The van der Waals surface area contributed by atoms with Crippen molar-refractivity contribution in [2.24, 2.45) is 0 Å². The van der Waals surface area contributed by atoms with E-state index < -0.39 is 0 Å². The fourth-order valence-electron chi connectivity index (χ4n) is 3.13. The minimum absolute atomic E-state index is 0.268. The molecule has 2 aromatic rings. The van der Waals surface area contributed by atoms with Crippen LogP contribution < -0.4 is 4.74 Å². The van der Waals surface area contributed by atoms with Gasteiger partial charge in [-0.15, -0.1) is 0 Å². The van der Waals surface area contributed by atoms with E-state index in [-0.39, 0.29) is 12.1 Å². The van der Waals surface area contributed by atoms with Crippen molar-refractivity contribution in [2.45, 2.75) is 58.5 Å². The van der Waals surface area contributed by atoms with Gasteiger partial charge in [0.25, 0.3) is 0 Å². The molecule has 4 heteroatoms. The first-order valence-electron chi connectivity index (χ1n) is 10.7. The van der Waals surface area contributed by atoms with Gasteiger partial charge in [0, 0.05) is 7.11 Å². The zero-order valence-corrected chi connectivity index (χ0v) is 18.0.